The number of aromatic nitrogens is 1. The van der Waals surface area contributed by atoms with E-state index in [9.17, 15) is 22.8 Å². The van der Waals surface area contributed by atoms with Gasteiger partial charge in [-0.05, 0) is 38.1 Å². The van der Waals surface area contributed by atoms with Crippen LogP contribution < -0.4 is 4.90 Å². The van der Waals surface area contributed by atoms with E-state index in [1.54, 1.807) is 19.9 Å². The first-order valence-electron chi connectivity index (χ1n) is 9.83. The fourth-order valence-corrected chi connectivity index (χ4v) is 4.43. The van der Waals surface area contributed by atoms with Gasteiger partial charge in [0.25, 0.3) is 15.9 Å². The largest absolute Gasteiger partial charge is 0.513 e. The molecule has 12 heteroatoms. The molecule has 0 spiro atoms. The number of hydrogen-bond acceptors (Lipinski definition) is 9. The van der Waals surface area contributed by atoms with E-state index in [0.29, 0.717) is 9.21 Å². The van der Waals surface area contributed by atoms with E-state index in [1.807, 2.05) is 0 Å². The Balaban J connectivity index is 2.27. The van der Waals surface area contributed by atoms with Gasteiger partial charge in [0.2, 0.25) is 0 Å². The second kappa shape index (κ2) is 9.69. The lowest BCUT2D eigenvalue weighted by Crippen LogP contribution is -2.45. The molecule has 33 heavy (non-hydrogen) atoms. The number of amides is 2. The normalized spacial score (nSPS) is 14.2. The fraction of sp³-hybridized carbons (Fsp3) is 0.238. The molecule has 0 radical (unpaired) electrons. The number of pyridine rings is 1. The summed E-state index contributed by atoms with van der Waals surface area (Å²) >= 11 is 0. The van der Waals surface area contributed by atoms with E-state index in [0.717, 1.165) is 7.05 Å². The number of carbonyl (C=O) groups excluding carboxylic acids is 3. The van der Waals surface area contributed by atoms with Gasteiger partial charge in [0.1, 0.15) is 5.82 Å². The maximum absolute atomic E-state index is 13.7. The van der Waals surface area contributed by atoms with Crippen LogP contribution in [0.25, 0.3) is 5.76 Å². The molecular formula is C21H21N3O8S. The summed E-state index contributed by atoms with van der Waals surface area (Å²) in [6, 6.07) is 10.1. The van der Waals surface area contributed by atoms with Crippen LogP contribution in [-0.2, 0) is 29.0 Å². The molecule has 0 N–H and O–H groups in total. The average molecular weight is 475 g/mol. The first kappa shape index (κ1) is 23.7. The van der Waals surface area contributed by atoms with Gasteiger partial charge in [0.15, 0.2) is 11.5 Å². The molecule has 0 aliphatic carbocycles. The molecule has 2 amide bonds. The monoisotopic (exact) mass is 475 g/mol. The number of ether oxygens (including phenoxy) is 3. The Labute approximate surface area is 190 Å². The number of anilines is 1. The fourth-order valence-electron chi connectivity index (χ4n) is 3.04. The number of carbonyl (C=O) groups is 3. The molecule has 0 saturated heterocycles. The molecule has 0 saturated carbocycles. The Morgan fingerprint density at radius 2 is 1.67 bits per heavy atom. The van der Waals surface area contributed by atoms with Gasteiger partial charge in [-0.3, -0.25) is 9.10 Å². The molecule has 1 aliphatic rings. The highest BCUT2D eigenvalue weighted by Crippen LogP contribution is 2.38. The Hall–Kier alpha value is -3.93. The van der Waals surface area contributed by atoms with Crippen LogP contribution >= 0.6 is 0 Å². The summed E-state index contributed by atoms with van der Waals surface area (Å²) < 4.78 is 42.0. The predicted octanol–water partition coefficient (Wildman–Crippen LogP) is 2.75. The number of fused-ring (bicyclic) bond motifs is 1. The minimum atomic E-state index is -4.23. The van der Waals surface area contributed by atoms with Gasteiger partial charge in [-0.25, -0.2) is 23.0 Å². The van der Waals surface area contributed by atoms with E-state index >= 15 is 0 Å². The van der Waals surface area contributed by atoms with Crippen molar-refractivity contribution in [3.8, 4) is 0 Å². The Morgan fingerprint density at radius 3 is 2.30 bits per heavy atom. The Bertz CT molecular complexity index is 1210. The van der Waals surface area contributed by atoms with Crippen molar-refractivity contribution in [2.24, 2.45) is 0 Å². The quantitative estimate of drug-likeness (QED) is 0.599. The summed E-state index contributed by atoms with van der Waals surface area (Å²) in [6.07, 6.45) is -0.898. The highest BCUT2D eigenvalue weighted by atomic mass is 32.2. The minimum absolute atomic E-state index is 0.0198. The van der Waals surface area contributed by atoms with Crippen molar-refractivity contribution >= 4 is 39.8 Å². The lowest BCUT2D eigenvalue weighted by atomic mass is 10.1. The maximum Gasteiger partial charge on any atom is 0.513 e. The van der Waals surface area contributed by atoms with Crippen LogP contribution in [0.15, 0.2) is 59.3 Å². The van der Waals surface area contributed by atoms with E-state index in [4.69, 9.17) is 14.2 Å². The zero-order valence-corrected chi connectivity index (χ0v) is 18.9. The molecule has 174 valence electrons. The predicted molar refractivity (Wildman–Crippen MR) is 115 cm³/mol. The van der Waals surface area contributed by atoms with Crippen LogP contribution in [0.2, 0.25) is 0 Å². The second-order valence-corrected chi connectivity index (χ2v) is 8.40. The molecule has 1 aromatic carbocycles. The van der Waals surface area contributed by atoms with Crippen molar-refractivity contribution in [2.45, 2.75) is 18.7 Å². The van der Waals surface area contributed by atoms with Gasteiger partial charge in [0, 0.05) is 18.8 Å². The number of imide groups is 1. The van der Waals surface area contributed by atoms with E-state index in [2.05, 4.69) is 4.98 Å². The number of benzene rings is 1. The highest BCUT2D eigenvalue weighted by Gasteiger charge is 2.43. The number of sulfonamides is 1. The van der Waals surface area contributed by atoms with E-state index < -0.39 is 39.6 Å². The van der Waals surface area contributed by atoms with Gasteiger partial charge in [-0.2, -0.15) is 4.90 Å². The van der Waals surface area contributed by atoms with E-state index in [-0.39, 0.29) is 29.5 Å². The lowest BCUT2D eigenvalue weighted by molar-refractivity contribution is -0.115. The zero-order valence-electron chi connectivity index (χ0n) is 18.0. The number of nitrogens with zero attached hydrogens (tertiary/aromatic N) is 3. The summed E-state index contributed by atoms with van der Waals surface area (Å²) in [7, 11) is -3.12. The summed E-state index contributed by atoms with van der Waals surface area (Å²) in [5, 5.41) is 0. The van der Waals surface area contributed by atoms with Crippen molar-refractivity contribution in [2.75, 3.05) is 25.2 Å². The first-order chi connectivity index (χ1) is 15.7. The molecule has 2 heterocycles. The van der Waals surface area contributed by atoms with Crippen LogP contribution in [0.1, 0.15) is 19.4 Å². The molecule has 0 fully saturated rings. The first-order valence-corrected chi connectivity index (χ1v) is 11.3. The summed E-state index contributed by atoms with van der Waals surface area (Å²) in [5.74, 6) is -1.64. The Kier molecular flexibility index (Phi) is 6.97. The standard InChI is InChI=1S/C21H21N3O8S/c1-4-30-20(26)24(16-12-8-9-13-22-16)19(25)17-18(32-21(27)31-5-2)14-10-6-7-11-15(14)33(28,29)23(17)3/h6-13H,4-5H2,1-3H3. The van der Waals surface area contributed by atoms with Crippen LogP contribution in [0.4, 0.5) is 15.4 Å². The highest BCUT2D eigenvalue weighted by molar-refractivity contribution is 7.89. The SMILES string of the molecule is CCOC(=O)OC1=C(C(=O)N(C(=O)OCC)c2ccccn2)N(C)S(=O)(=O)c2ccccc21. The molecule has 1 aliphatic heterocycles. The molecule has 0 bridgehead atoms. The van der Waals surface area contributed by atoms with E-state index in [1.165, 1.54) is 42.6 Å². The summed E-state index contributed by atoms with van der Waals surface area (Å²) in [4.78, 5) is 42.9. The van der Waals surface area contributed by atoms with Gasteiger partial charge < -0.3 is 14.2 Å². The molecule has 0 atom stereocenters. The third-order valence-corrected chi connectivity index (χ3v) is 6.30. The van der Waals surface area contributed by atoms with Crippen molar-refractivity contribution < 1.29 is 37.0 Å². The van der Waals surface area contributed by atoms with Crippen LogP contribution in [0.5, 0.6) is 0 Å². The molecular weight excluding hydrogens is 454 g/mol. The smallest absolute Gasteiger partial charge is 0.449 e. The lowest BCUT2D eigenvalue weighted by Gasteiger charge is -2.31. The second-order valence-electron chi connectivity index (χ2n) is 6.46. The van der Waals surface area contributed by atoms with Gasteiger partial charge in [-0.1, -0.05) is 18.2 Å². The molecule has 2 aromatic rings. The number of hydrogen-bond donors (Lipinski definition) is 0. The molecule has 3 rings (SSSR count). The van der Waals surface area contributed by atoms with Crippen LogP contribution in [0, 0.1) is 0 Å². The molecule has 1 aromatic heterocycles. The molecule has 11 nitrogen and oxygen atoms in total. The third kappa shape index (κ3) is 4.51. The van der Waals surface area contributed by atoms with Gasteiger partial charge in [-0.15, -0.1) is 0 Å². The van der Waals surface area contributed by atoms with Crippen molar-refractivity contribution in [1.82, 2.24) is 9.29 Å². The molecule has 0 unspecified atom stereocenters. The number of likely N-dealkylation sites (N-methyl/N-ethyl adjacent to an activating group) is 1. The van der Waals surface area contributed by atoms with Crippen LogP contribution in [0.3, 0.4) is 0 Å². The van der Waals surface area contributed by atoms with Crippen molar-refractivity contribution in [3.63, 3.8) is 0 Å². The van der Waals surface area contributed by atoms with Crippen molar-refractivity contribution in [1.29, 1.82) is 0 Å². The maximum atomic E-state index is 13.7. The van der Waals surface area contributed by atoms with Gasteiger partial charge >= 0.3 is 12.2 Å². The summed E-state index contributed by atoms with van der Waals surface area (Å²) in [6.45, 7) is 3.02. The van der Waals surface area contributed by atoms with Gasteiger partial charge in [0.05, 0.1) is 18.1 Å². The number of rotatable bonds is 5. The topological polar surface area (TPSA) is 132 Å². The average Bonchev–Trinajstić information content (AvgIpc) is 2.79. The third-order valence-electron chi connectivity index (χ3n) is 4.48. The zero-order chi connectivity index (χ0) is 24.2. The van der Waals surface area contributed by atoms with Crippen molar-refractivity contribution in [3.05, 3.63) is 59.9 Å². The summed E-state index contributed by atoms with van der Waals surface area (Å²) in [5.41, 5.74) is -0.641. The Morgan fingerprint density at radius 1 is 1.00 bits per heavy atom. The minimum Gasteiger partial charge on any atom is -0.449 e. The van der Waals surface area contributed by atoms with Crippen LogP contribution in [-0.4, -0.2) is 56.1 Å².